The van der Waals surface area contributed by atoms with Crippen molar-refractivity contribution in [3.63, 3.8) is 0 Å². The van der Waals surface area contributed by atoms with Crippen LogP contribution in [-0.2, 0) is 17.6 Å². The zero-order chi connectivity index (χ0) is 13.2. The van der Waals surface area contributed by atoms with Gasteiger partial charge in [0.2, 0.25) is 5.91 Å². The molecule has 1 fully saturated rings. The van der Waals surface area contributed by atoms with Gasteiger partial charge in [0, 0.05) is 30.7 Å². The van der Waals surface area contributed by atoms with Crippen molar-refractivity contribution in [2.24, 2.45) is 11.8 Å². The Balaban J connectivity index is 1.58. The van der Waals surface area contributed by atoms with Crippen LogP contribution in [0.1, 0.15) is 36.9 Å². The van der Waals surface area contributed by atoms with E-state index in [1.807, 2.05) is 6.20 Å². The predicted octanol–water partition coefficient (Wildman–Crippen LogP) is 0.792. The van der Waals surface area contributed by atoms with Crippen LogP contribution < -0.4 is 5.32 Å². The summed E-state index contributed by atoms with van der Waals surface area (Å²) in [6, 6.07) is 0.167. The number of aromatic amines is 1. The van der Waals surface area contributed by atoms with Crippen LogP contribution >= 0.6 is 0 Å². The summed E-state index contributed by atoms with van der Waals surface area (Å²) in [5.74, 6) is 0.779. The number of aliphatic hydroxyl groups is 1. The molecule has 3 N–H and O–H groups in total. The molecule has 1 aromatic rings. The number of rotatable bonds is 5. The predicted molar refractivity (Wildman–Crippen MR) is 70.5 cm³/mol. The van der Waals surface area contributed by atoms with Gasteiger partial charge in [-0.15, -0.1) is 0 Å². The van der Waals surface area contributed by atoms with E-state index in [1.54, 1.807) is 0 Å². The molecule has 0 spiro atoms. The Hall–Kier alpha value is -1.36. The Labute approximate surface area is 112 Å². The fourth-order valence-electron chi connectivity index (χ4n) is 3.00. The van der Waals surface area contributed by atoms with Crippen LogP contribution in [0.4, 0.5) is 0 Å². The summed E-state index contributed by atoms with van der Waals surface area (Å²) in [4.78, 5) is 12.3. The highest BCUT2D eigenvalue weighted by atomic mass is 16.3. The summed E-state index contributed by atoms with van der Waals surface area (Å²) in [5.41, 5.74) is 2.36. The van der Waals surface area contributed by atoms with Crippen molar-refractivity contribution in [1.82, 2.24) is 15.5 Å². The Bertz CT molecular complexity index is 453. The molecule has 1 saturated carbocycles. The lowest BCUT2D eigenvalue weighted by Crippen LogP contribution is -2.42. The molecule has 0 aliphatic heterocycles. The summed E-state index contributed by atoms with van der Waals surface area (Å²) < 4.78 is 0. The van der Waals surface area contributed by atoms with Gasteiger partial charge < -0.3 is 10.4 Å². The molecule has 0 saturated heterocycles. The van der Waals surface area contributed by atoms with Gasteiger partial charge in [-0.2, -0.15) is 5.10 Å². The molecule has 2 aliphatic rings. The Morgan fingerprint density at radius 2 is 2.37 bits per heavy atom. The number of amides is 1. The zero-order valence-electron chi connectivity index (χ0n) is 11.1. The molecule has 1 amide bonds. The molecule has 0 aromatic carbocycles. The minimum Gasteiger partial charge on any atom is -0.396 e. The molecule has 0 radical (unpaired) electrons. The lowest BCUT2D eigenvalue weighted by Gasteiger charge is -2.24. The van der Waals surface area contributed by atoms with Crippen molar-refractivity contribution in [3.05, 3.63) is 17.5 Å². The second kappa shape index (κ2) is 5.33. The van der Waals surface area contributed by atoms with E-state index in [9.17, 15) is 4.79 Å². The van der Waals surface area contributed by atoms with Gasteiger partial charge in [-0.1, -0.05) is 0 Å². The molecule has 2 unspecified atom stereocenters. The molecule has 2 atom stereocenters. The topological polar surface area (TPSA) is 78.0 Å². The van der Waals surface area contributed by atoms with E-state index in [2.05, 4.69) is 15.5 Å². The molecule has 2 aliphatic carbocycles. The van der Waals surface area contributed by atoms with Crippen molar-refractivity contribution in [2.45, 2.75) is 44.6 Å². The summed E-state index contributed by atoms with van der Waals surface area (Å²) in [6.45, 7) is 0.150. The van der Waals surface area contributed by atoms with Gasteiger partial charge in [0.15, 0.2) is 0 Å². The number of fused-ring (bicyclic) bond motifs is 1. The molecule has 0 bridgehead atoms. The van der Waals surface area contributed by atoms with E-state index >= 15 is 0 Å². The number of nitrogens with one attached hydrogen (secondary N) is 2. The van der Waals surface area contributed by atoms with Gasteiger partial charge in [-0.3, -0.25) is 9.89 Å². The van der Waals surface area contributed by atoms with Crippen molar-refractivity contribution in [1.29, 1.82) is 0 Å². The Kier molecular flexibility index (Phi) is 3.55. The van der Waals surface area contributed by atoms with Gasteiger partial charge in [-0.05, 0) is 43.6 Å². The van der Waals surface area contributed by atoms with Gasteiger partial charge in [-0.25, -0.2) is 0 Å². The average molecular weight is 263 g/mol. The molecule has 5 heteroatoms. The fraction of sp³-hybridized carbons (Fsp3) is 0.714. The number of aliphatic hydroxyl groups excluding tert-OH is 1. The molecule has 19 heavy (non-hydrogen) atoms. The number of carbonyl (C=O) groups excluding carboxylic acids is 1. The Morgan fingerprint density at radius 3 is 3.11 bits per heavy atom. The molecule has 5 nitrogen and oxygen atoms in total. The largest absolute Gasteiger partial charge is 0.396 e. The SMILES string of the molecule is O=C(NC(CCO)C1CC1)C1CCc2cn[nH]c2C1. The van der Waals surface area contributed by atoms with Crippen molar-refractivity contribution in [3.8, 4) is 0 Å². The van der Waals surface area contributed by atoms with Gasteiger partial charge in [0.1, 0.15) is 0 Å². The van der Waals surface area contributed by atoms with Gasteiger partial charge in [0.05, 0.1) is 6.20 Å². The Morgan fingerprint density at radius 1 is 1.53 bits per heavy atom. The smallest absolute Gasteiger partial charge is 0.223 e. The number of hydrogen-bond donors (Lipinski definition) is 3. The van der Waals surface area contributed by atoms with E-state index in [0.29, 0.717) is 12.3 Å². The molecule has 104 valence electrons. The number of aryl methyl sites for hydroxylation is 1. The van der Waals surface area contributed by atoms with Crippen molar-refractivity contribution >= 4 is 5.91 Å². The van der Waals surface area contributed by atoms with Crippen molar-refractivity contribution in [2.75, 3.05) is 6.61 Å². The third-order valence-electron chi connectivity index (χ3n) is 4.35. The van der Waals surface area contributed by atoms with Crippen LogP contribution in [0.3, 0.4) is 0 Å². The molecule has 3 rings (SSSR count). The number of nitrogens with zero attached hydrogens (tertiary/aromatic N) is 1. The summed E-state index contributed by atoms with van der Waals surface area (Å²) in [6.07, 6.45) is 7.49. The van der Waals surface area contributed by atoms with Crippen LogP contribution in [0.2, 0.25) is 0 Å². The second-order valence-electron chi connectivity index (χ2n) is 5.78. The third kappa shape index (κ3) is 2.81. The molecular formula is C14H21N3O2. The number of hydrogen-bond acceptors (Lipinski definition) is 3. The summed E-state index contributed by atoms with van der Waals surface area (Å²) in [5, 5.41) is 19.2. The van der Waals surface area contributed by atoms with Crippen LogP contribution in [0.15, 0.2) is 6.20 Å². The first-order valence-electron chi connectivity index (χ1n) is 7.20. The molecule has 1 heterocycles. The number of aromatic nitrogens is 2. The van der Waals surface area contributed by atoms with E-state index in [0.717, 1.165) is 25.0 Å². The van der Waals surface area contributed by atoms with Gasteiger partial charge in [0.25, 0.3) is 0 Å². The third-order valence-corrected chi connectivity index (χ3v) is 4.35. The van der Waals surface area contributed by atoms with Crippen LogP contribution in [-0.4, -0.2) is 33.9 Å². The lowest BCUT2D eigenvalue weighted by molar-refractivity contribution is -0.126. The first-order chi connectivity index (χ1) is 9.28. The fourth-order valence-corrected chi connectivity index (χ4v) is 3.00. The van der Waals surface area contributed by atoms with Crippen LogP contribution in [0.5, 0.6) is 0 Å². The van der Waals surface area contributed by atoms with E-state index in [1.165, 1.54) is 18.4 Å². The van der Waals surface area contributed by atoms with E-state index < -0.39 is 0 Å². The van der Waals surface area contributed by atoms with E-state index in [-0.39, 0.29) is 24.5 Å². The number of carbonyl (C=O) groups is 1. The monoisotopic (exact) mass is 263 g/mol. The maximum Gasteiger partial charge on any atom is 0.223 e. The van der Waals surface area contributed by atoms with Crippen LogP contribution in [0, 0.1) is 11.8 Å². The first kappa shape index (κ1) is 12.7. The maximum atomic E-state index is 12.3. The summed E-state index contributed by atoms with van der Waals surface area (Å²) >= 11 is 0. The maximum absolute atomic E-state index is 12.3. The van der Waals surface area contributed by atoms with Gasteiger partial charge >= 0.3 is 0 Å². The summed E-state index contributed by atoms with van der Waals surface area (Å²) in [7, 11) is 0. The molecule has 1 aromatic heterocycles. The van der Waals surface area contributed by atoms with Crippen molar-refractivity contribution < 1.29 is 9.90 Å². The average Bonchev–Trinajstić information content (AvgIpc) is 3.15. The minimum absolute atomic E-state index is 0.0490. The highest BCUT2D eigenvalue weighted by Gasteiger charge is 2.34. The second-order valence-corrected chi connectivity index (χ2v) is 5.78. The lowest BCUT2D eigenvalue weighted by atomic mass is 9.87. The normalized spacial score (nSPS) is 23.7. The zero-order valence-corrected chi connectivity index (χ0v) is 11.1. The van der Waals surface area contributed by atoms with Crippen LogP contribution in [0.25, 0.3) is 0 Å². The van der Waals surface area contributed by atoms with E-state index in [4.69, 9.17) is 5.11 Å². The minimum atomic E-state index is 0.0490. The first-order valence-corrected chi connectivity index (χ1v) is 7.20. The number of H-pyrrole nitrogens is 1. The highest BCUT2D eigenvalue weighted by Crippen LogP contribution is 2.34. The quantitative estimate of drug-likeness (QED) is 0.735. The standard InChI is InChI=1S/C14H21N3O2/c18-6-5-12(9-1-2-9)16-14(19)10-3-4-11-8-15-17-13(11)7-10/h8-10,12,18H,1-7H2,(H,15,17)(H,16,19). The highest BCUT2D eigenvalue weighted by molar-refractivity contribution is 5.79. The molecular weight excluding hydrogens is 242 g/mol.